The molecule has 1 heterocycles. The van der Waals surface area contributed by atoms with Crippen molar-refractivity contribution in [1.29, 1.82) is 0 Å². The minimum Gasteiger partial charge on any atom is -0.479 e. The van der Waals surface area contributed by atoms with Gasteiger partial charge in [0.05, 0.1) is 5.69 Å². The molecule has 2 aromatic rings. The predicted octanol–water partition coefficient (Wildman–Crippen LogP) is 4.22. The molecule has 0 fully saturated rings. The Morgan fingerprint density at radius 1 is 1.19 bits per heavy atom. The highest BCUT2D eigenvalue weighted by Crippen LogP contribution is 2.36. The number of nitrogens with one attached hydrogen (secondary N) is 1. The van der Waals surface area contributed by atoms with Crippen molar-refractivity contribution in [2.75, 3.05) is 16.8 Å². The Balaban J connectivity index is 1.87. The normalized spacial score (nSPS) is 15.9. The molecule has 2 aromatic carbocycles. The molecule has 0 saturated heterocycles. The van der Waals surface area contributed by atoms with Gasteiger partial charge >= 0.3 is 0 Å². The van der Waals surface area contributed by atoms with E-state index in [1.165, 1.54) is 4.90 Å². The Hall–Kier alpha value is -2.53. The number of halogens is 1. The number of hydrogen-bond acceptors (Lipinski definition) is 3. The zero-order valence-electron chi connectivity index (χ0n) is 15.7. The van der Waals surface area contributed by atoms with Crippen molar-refractivity contribution in [1.82, 2.24) is 0 Å². The van der Waals surface area contributed by atoms with E-state index in [9.17, 15) is 9.59 Å². The number of ether oxygens (including phenoxy) is 1. The number of carbonyl (C=O) groups is 2. The number of para-hydroxylation sites is 1. The van der Waals surface area contributed by atoms with Crippen LogP contribution in [0.2, 0.25) is 5.02 Å². The molecule has 1 aliphatic heterocycles. The zero-order chi connectivity index (χ0) is 19.6. The lowest BCUT2D eigenvalue weighted by molar-refractivity contribution is -0.127. The van der Waals surface area contributed by atoms with Crippen molar-refractivity contribution in [3.8, 4) is 5.75 Å². The SMILES string of the molecule is CCc1cccc(CC)c1NC(=O)CN1C(=O)C(C)Oc2ccc(Cl)cc21. The smallest absolute Gasteiger partial charge is 0.268 e. The molecule has 5 nitrogen and oxygen atoms in total. The Kier molecular flexibility index (Phi) is 5.71. The summed E-state index contributed by atoms with van der Waals surface area (Å²) < 4.78 is 5.62. The Bertz CT molecular complexity index is 859. The minimum atomic E-state index is -0.652. The number of aryl methyl sites for hydroxylation is 2. The van der Waals surface area contributed by atoms with Crippen LogP contribution in [0.3, 0.4) is 0 Å². The fraction of sp³-hybridized carbons (Fsp3) is 0.333. The van der Waals surface area contributed by atoms with E-state index in [0.717, 1.165) is 29.7 Å². The summed E-state index contributed by atoms with van der Waals surface area (Å²) in [4.78, 5) is 26.8. The van der Waals surface area contributed by atoms with Gasteiger partial charge in [-0.15, -0.1) is 0 Å². The summed E-state index contributed by atoms with van der Waals surface area (Å²) >= 11 is 6.08. The minimum absolute atomic E-state index is 0.0962. The maximum Gasteiger partial charge on any atom is 0.268 e. The van der Waals surface area contributed by atoms with Crippen LogP contribution in [0.1, 0.15) is 31.9 Å². The van der Waals surface area contributed by atoms with E-state index in [-0.39, 0.29) is 18.4 Å². The summed E-state index contributed by atoms with van der Waals surface area (Å²) in [6.07, 6.45) is 0.978. The molecule has 6 heteroatoms. The Morgan fingerprint density at radius 2 is 1.85 bits per heavy atom. The zero-order valence-corrected chi connectivity index (χ0v) is 16.5. The highest BCUT2D eigenvalue weighted by molar-refractivity contribution is 6.31. The van der Waals surface area contributed by atoms with Gasteiger partial charge in [-0.05, 0) is 49.1 Å². The summed E-state index contributed by atoms with van der Waals surface area (Å²) in [5.41, 5.74) is 3.51. The van der Waals surface area contributed by atoms with Crippen molar-refractivity contribution in [2.24, 2.45) is 0 Å². The maximum atomic E-state index is 12.8. The van der Waals surface area contributed by atoms with Gasteiger partial charge in [-0.3, -0.25) is 14.5 Å². The van der Waals surface area contributed by atoms with E-state index in [1.807, 2.05) is 18.2 Å². The molecule has 1 atom stereocenters. The van der Waals surface area contributed by atoms with Crippen LogP contribution in [0, 0.1) is 0 Å². The van der Waals surface area contributed by atoms with Crippen molar-refractivity contribution in [3.05, 3.63) is 52.5 Å². The Morgan fingerprint density at radius 3 is 2.48 bits per heavy atom. The molecule has 0 aliphatic carbocycles. The summed E-state index contributed by atoms with van der Waals surface area (Å²) in [6.45, 7) is 5.68. The molecule has 0 bridgehead atoms. The average Bonchev–Trinajstić information content (AvgIpc) is 2.66. The summed E-state index contributed by atoms with van der Waals surface area (Å²) in [5, 5.41) is 3.48. The molecular weight excluding hydrogens is 364 g/mol. The van der Waals surface area contributed by atoms with Crippen molar-refractivity contribution < 1.29 is 14.3 Å². The van der Waals surface area contributed by atoms with Crippen LogP contribution in [0.5, 0.6) is 5.75 Å². The monoisotopic (exact) mass is 386 g/mol. The molecule has 27 heavy (non-hydrogen) atoms. The first-order valence-electron chi connectivity index (χ1n) is 9.12. The van der Waals surface area contributed by atoms with Gasteiger partial charge < -0.3 is 10.1 Å². The second kappa shape index (κ2) is 8.01. The highest BCUT2D eigenvalue weighted by atomic mass is 35.5. The van der Waals surface area contributed by atoms with Crippen LogP contribution in [0.4, 0.5) is 11.4 Å². The van der Waals surface area contributed by atoms with Crippen LogP contribution < -0.4 is 15.0 Å². The number of amides is 2. The molecule has 142 valence electrons. The largest absolute Gasteiger partial charge is 0.479 e. The van der Waals surface area contributed by atoms with Gasteiger partial charge in [-0.1, -0.05) is 43.6 Å². The van der Waals surface area contributed by atoms with Crippen molar-refractivity contribution >= 4 is 34.8 Å². The lowest BCUT2D eigenvalue weighted by atomic mass is 10.0. The fourth-order valence-electron chi connectivity index (χ4n) is 3.27. The number of rotatable bonds is 5. The van der Waals surface area contributed by atoms with Gasteiger partial charge in [-0.25, -0.2) is 0 Å². The molecular formula is C21H23ClN2O3. The quantitative estimate of drug-likeness (QED) is 0.837. The second-order valence-corrected chi connectivity index (χ2v) is 6.94. The van der Waals surface area contributed by atoms with Crippen LogP contribution in [-0.4, -0.2) is 24.5 Å². The van der Waals surface area contributed by atoms with Crippen LogP contribution in [-0.2, 0) is 22.4 Å². The topological polar surface area (TPSA) is 58.6 Å². The molecule has 1 unspecified atom stereocenters. The number of anilines is 2. The molecule has 0 aromatic heterocycles. The standard InChI is InChI=1S/C21H23ClN2O3/c1-4-14-7-6-8-15(5-2)20(14)23-19(25)12-24-17-11-16(22)9-10-18(17)27-13(3)21(24)26/h6-11,13H,4-5,12H2,1-3H3,(H,23,25). The fourth-order valence-corrected chi connectivity index (χ4v) is 3.44. The van der Waals surface area contributed by atoms with Crippen LogP contribution >= 0.6 is 11.6 Å². The van der Waals surface area contributed by atoms with Gasteiger partial charge in [0.15, 0.2) is 6.10 Å². The molecule has 0 spiro atoms. The molecule has 0 radical (unpaired) electrons. The number of nitrogens with zero attached hydrogens (tertiary/aromatic N) is 1. The van der Waals surface area contributed by atoms with Gasteiger partial charge in [0.25, 0.3) is 5.91 Å². The van der Waals surface area contributed by atoms with E-state index in [4.69, 9.17) is 16.3 Å². The second-order valence-electron chi connectivity index (χ2n) is 6.50. The summed E-state index contributed by atoms with van der Waals surface area (Å²) in [5.74, 6) is 0.0286. The number of hydrogen-bond donors (Lipinski definition) is 1. The van der Waals surface area contributed by atoms with E-state index in [1.54, 1.807) is 25.1 Å². The van der Waals surface area contributed by atoms with Crippen LogP contribution in [0.15, 0.2) is 36.4 Å². The molecule has 1 aliphatic rings. The van der Waals surface area contributed by atoms with E-state index >= 15 is 0 Å². The maximum absolute atomic E-state index is 12.8. The molecule has 1 N–H and O–H groups in total. The first-order chi connectivity index (χ1) is 12.9. The van der Waals surface area contributed by atoms with Crippen LogP contribution in [0.25, 0.3) is 0 Å². The summed E-state index contributed by atoms with van der Waals surface area (Å²) in [6, 6.07) is 11.1. The third-order valence-electron chi connectivity index (χ3n) is 4.69. The molecule has 0 saturated carbocycles. The first-order valence-corrected chi connectivity index (χ1v) is 9.50. The van der Waals surface area contributed by atoms with Gasteiger partial charge in [0.2, 0.25) is 5.91 Å². The van der Waals surface area contributed by atoms with Gasteiger partial charge in [0.1, 0.15) is 12.3 Å². The van der Waals surface area contributed by atoms with E-state index in [2.05, 4.69) is 19.2 Å². The van der Waals surface area contributed by atoms with Crippen molar-refractivity contribution in [2.45, 2.75) is 39.7 Å². The first kappa shape index (κ1) is 19.2. The Labute approximate surface area is 164 Å². The third kappa shape index (κ3) is 3.93. The van der Waals surface area contributed by atoms with Crippen molar-refractivity contribution in [3.63, 3.8) is 0 Å². The summed E-state index contributed by atoms with van der Waals surface area (Å²) in [7, 11) is 0. The third-order valence-corrected chi connectivity index (χ3v) is 4.93. The number of benzene rings is 2. The van der Waals surface area contributed by atoms with E-state index in [0.29, 0.717) is 16.5 Å². The van der Waals surface area contributed by atoms with E-state index < -0.39 is 6.10 Å². The van der Waals surface area contributed by atoms with Gasteiger partial charge in [0, 0.05) is 10.7 Å². The molecule has 3 rings (SSSR count). The predicted molar refractivity (Wildman–Crippen MR) is 108 cm³/mol. The van der Waals surface area contributed by atoms with Gasteiger partial charge in [-0.2, -0.15) is 0 Å². The lowest BCUT2D eigenvalue weighted by Gasteiger charge is -2.32. The average molecular weight is 387 g/mol. The highest BCUT2D eigenvalue weighted by Gasteiger charge is 2.33. The lowest BCUT2D eigenvalue weighted by Crippen LogP contribution is -2.47. The molecule has 2 amide bonds. The number of carbonyl (C=O) groups excluding carboxylic acids is 2. The number of fused-ring (bicyclic) bond motifs is 1.